The Morgan fingerprint density at radius 3 is 2.47 bits per heavy atom. The molecule has 2 rings (SSSR count). The van der Waals surface area contributed by atoms with Crippen LogP contribution in [0.5, 0.6) is 0 Å². The summed E-state index contributed by atoms with van der Waals surface area (Å²) in [6.07, 6.45) is 7.96. The second-order valence-corrected chi connectivity index (χ2v) is 7.53. The van der Waals surface area contributed by atoms with Gasteiger partial charge in [-0.1, -0.05) is 19.3 Å². The third-order valence-electron chi connectivity index (χ3n) is 4.12. The minimum atomic E-state index is -3.00. The molecule has 2 aliphatic rings. The summed E-state index contributed by atoms with van der Waals surface area (Å²) in [5, 5.41) is 0. The second kappa shape index (κ2) is 5.67. The van der Waals surface area contributed by atoms with E-state index in [1.54, 1.807) is 4.31 Å². The number of rotatable bonds is 3. The Morgan fingerprint density at radius 2 is 1.82 bits per heavy atom. The van der Waals surface area contributed by atoms with Crippen molar-refractivity contribution in [2.75, 3.05) is 18.8 Å². The zero-order valence-electron chi connectivity index (χ0n) is 10.5. The van der Waals surface area contributed by atoms with E-state index in [-0.39, 0.29) is 6.04 Å². The molecule has 1 saturated carbocycles. The van der Waals surface area contributed by atoms with Crippen LogP contribution in [-0.4, -0.2) is 37.6 Å². The van der Waals surface area contributed by atoms with Gasteiger partial charge in [-0.05, 0) is 31.6 Å². The summed E-state index contributed by atoms with van der Waals surface area (Å²) in [5.41, 5.74) is 6.19. The smallest absolute Gasteiger partial charge is 0.214 e. The molecule has 0 amide bonds. The topological polar surface area (TPSA) is 63.4 Å². The average molecular weight is 260 g/mol. The predicted molar refractivity (Wildman–Crippen MR) is 69.1 cm³/mol. The lowest BCUT2D eigenvalue weighted by atomic mass is 9.84. The largest absolute Gasteiger partial charge is 0.326 e. The Balaban J connectivity index is 1.90. The minimum Gasteiger partial charge on any atom is -0.326 e. The number of hydrogen-bond acceptors (Lipinski definition) is 3. The Hall–Kier alpha value is -0.130. The van der Waals surface area contributed by atoms with E-state index in [4.69, 9.17) is 5.73 Å². The van der Waals surface area contributed by atoms with E-state index < -0.39 is 10.0 Å². The normalized spacial score (nSPS) is 29.0. The zero-order chi connectivity index (χ0) is 12.3. The van der Waals surface area contributed by atoms with Crippen molar-refractivity contribution in [2.45, 2.75) is 51.0 Å². The van der Waals surface area contributed by atoms with Crippen LogP contribution in [0.4, 0.5) is 0 Å². The van der Waals surface area contributed by atoms with Gasteiger partial charge in [0.05, 0.1) is 5.75 Å². The van der Waals surface area contributed by atoms with Crippen molar-refractivity contribution < 1.29 is 8.42 Å². The fourth-order valence-electron chi connectivity index (χ4n) is 2.99. The van der Waals surface area contributed by atoms with Crippen molar-refractivity contribution >= 4 is 10.0 Å². The van der Waals surface area contributed by atoms with E-state index in [0.717, 1.165) is 12.8 Å². The first-order valence-electron chi connectivity index (χ1n) is 6.83. The molecule has 1 aliphatic carbocycles. The first-order chi connectivity index (χ1) is 8.09. The molecule has 5 heteroatoms. The first kappa shape index (κ1) is 13.3. The molecule has 0 aromatic rings. The van der Waals surface area contributed by atoms with Crippen LogP contribution in [-0.2, 0) is 10.0 Å². The SMILES string of the molecule is N[C@H](CN1CCCCS1(=O)=O)C1CCCCC1. The second-order valence-electron chi connectivity index (χ2n) is 5.44. The van der Waals surface area contributed by atoms with E-state index >= 15 is 0 Å². The fraction of sp³-hybridized carbons (Fsp3) is 1.00. The number of sulfonamides is 1. The van der Waals surface area contributed by atoms with Gasteiger partial charge in [-0.3, -0.25) is 0 Å². The van der Waals surface area contributed by atoms with Gasteiger partial charge in [0.15, 0.2) is 0 Å². The van der Waals surface area contributed by atoms with E-state index in [1.807, 2.05) is 0 Å². The maximum absolute atomic E-state index is 11.9. The number of nitrogens with two attached hydrogens (primary N) is 1. The van der Waals surface area contributed by atoms with Crippen LogP contribution in [0, 0.1) is 5.92 Å². The third-order valence-corrected chi connectivity index (χ3v) is 6.05. The van der Waals surface area contributed by atoms with Crippen molar-refractivity contribution in [1.82, 2.24) is 4.31 Å². The molecule has 1 atom stereocenters. The van der Waals surface area contributed by atoms with Gasteiger partial charge in [0, 0.05) is 19.1 Å². The Labute approximate surface area is 105 Å². The molecule has 1 heterocycles. The molecule has 0 aromatic heterocycles. The van der Waals surface area contributed by atoms with Crippen LogP contribution in [0.1, 0.15) is 44.9 Å². The van der Waals surface area contributed by atoms with Crippen molar-refractivity contribution in [3.05, 3.63) is 0 Å². The molecule has 0 unspecified atom stereocenters. The lowest BCUT2D eigenvalue weighted by Gasteiger charge is -2.33. The maximum Gasteiger partial charge on any atom is 0.214 e. The summed E-state index contributed by atoms with van der Waals surface area (Å²) in [6, 6.07) is 0.0307. The molecule has 0 radical (unpaired) electrons. The summed E-state index contributed by atoms with van der Waals surface area (Å²) in [5.74, 6) is 0.838. The lowest BCUT2D eigenvalue weighted by molar-refractivity contribution is 0.260. The van der Waals surface area contributed by atoms with Crippen molar-refractivity contribution in [3.63, 3.8) is 0 Å². The highest BCUT2D eigenvalue weighted by Crippen LogP contribution is 2.26. The lowest BCUT2D eigenvalue weighted by Crippen LogP contribution is -2.47. The van der Waals surface area contributed by atoms with Gasteiger partial charge in [-0.15, -0.1) is 0 Å². The third kappa shape index (κ3) is 3.42. The van der Waals surface area contributed by atoms with Crippen LogP contribution in [0.2, 0.25) is 0 Å². The van der Waals surface area contributed by atoms with Crippen LogP contribution >= 0.6 is 0 Å². The molecule has 4 nitrogen and oxygen atoms in total. The van der Waals surface area contributed by atoms with E-state index in [1.165, 1.54) is 32.1 Å². The molecule has 0 aromatic carbocycles. The summed E-state index contributed by atoms with van der Waals surface area (Å²) in [6.45, 7) is 1.20. The highest BCUT2D eigenvalue weighted by molar-refractivity contribution is 7.89. The van der Waals surface area contributed by atoms with Gasteiger partial charge in [0.1, 0.15) is 0 Å². The van der Waals surface area contributed by atoms with Gasteiger partial charge >= 0.3 is 0 Å². The fourth-order valence-corrected chi connectivity index (χ4v) is 4.63. The Morgan fingerprint density at radius 1 is 1.12 bits per heavy atom. The molecule has 0 bridgehead atoms. The summed E-state index contributed by atoms with van der Waals surface area (Å²) >= 11 is 0. The summed E-state index contributed by atoms with van der Waals surface area (Å²) < 4.78 is 25.4. The Kier molecular flexibility index (Phi) is 4.44. The van der Waals surface area contributed by atoms with Gasteiger partial charge in [-0.2, -0.15) is 0 Å². The highest BCUT2D eigenvalue weighted by atomic mass is 32.2. The summed E-state index contributed by atoms with van der Waals surface area (Å²) in [4.78, 5) is 0. The molecule has 2 N–H and O–H groups in total. The molecular weight excluding hydrogens is 236 g/mol. The number of nitrogens with zero attached hydrogens (tertiary/aromatic N) is 1. The van der Waals surface area contributed by atoms with Gasteiger partial charge in [0.25, 0.3) is 0 Å². The van der Waals surface area contributed by atoms with Crippen LogP contribution in [0.15, 0.2) is 0 Å². The zero-order valence-corrected chi connectivity index (χ0v) is 11.3. The van der Waals surface area contributed by atoms with Crippen LogP contribution in [0.25, 0.3) is 0 Å². The molecule has 0 spiro atoms. The number of hydrogen-bond donors (Lipinski definition) is 1. The van der Waals surface area contributed by atoms with E-state index in [9.17, 15) is 8.42 Å². The summed E-state index contributed by atoms with van der Waals surface area (Å²) in [7, 11) is -3.00. The standard InChI is InChI=1S/C12H24N2O2S/c13-12(11-6-2-1-3-7-11)10-14-8-4-5-9-17(14,15)16/h11-12H,1-10,13H2/t12-/m1/s1. The maximum atomic E-state index is 11.9. The quantitative estimate of drug-likeness (QED) is 0.832. The molecule has 2 fully saturated rings. The van der Waals surface area contributed by atoms with E-state index in [0.29, 0.717) is 24.8 Å². The molecule has 17 heavy (non-hydrogen) atoms. The van der Waals surface area contributed by atoms with Gasteiger partial charge < -0.3 is 5.73 Å². The first-order valence-corrected chi connectivity index (χ1v) is 8.44. The molecule has 1 aliphatic heterocycles. The molecule has 1 saturated heterocycles. The average Bonchev–Trinajstić information content (AvgIpc) is 2.33. The monoisotopic (exact) mass is 260 g/mol. The minimum absolute atomic E-state index is 0.0307. The van der Waals surface area contributed by atoms with Gasteiger partial charge in [0.2, 0.25) is 10.0 Å². The predicted octanol–water partition coefficient (Wildman–Crippen LogP) is 1.32. The Bertz CT molecular complexity index is 336. The van der Waals surface area contributed by atoms with Crippen LogP contribution < -0.4 is 5.73 Å². The van der Waals surface area contributed by atoms with Gasteiger partial charge in [-0.25, -0.2) is 12.7 Å². The molecule has 100 valence electrons. The van der Waals surface area contributed by atoms with E-state index in [2.05, 4.69) is 0 Å². The van der Waals surface area contributed by atoms with Crippen LogP contribution in [0.3, 0.4) is 0 Å². The molecular formula is C12H24N2O2S. The van der Waals surface area contributed by atoms with Crippen molar-refractivity contribution in [2.24, 2.45) is 11.7 Å². The highest BCUT2D eigenvalue weighted by Gasteiger charge is 2.30. The van der Waals surface area contributed by atoms with Crippen molar-refractivity contribution in [3.8, 4) is 0 Å². The van der Waals surface area contributed by atoms with Crippen molar-refractivity contribution in [1.29, 1.82) is 0 Å².